The molecule has 7 heteroatoms. The summed E-state index contributed by atoms with van der Waals surface area (Å²) in [6.45, 7) is 2.65. The number of nitrogens with zero attached hydrogens (tertiary/aromatic N) is 2. The van der Waals surface area contributed by atoms with Crippen molar-refractivity contribution in [1.29, 1.82) is 0 Å². The fourth-order valence-electron chi connectivity index (χ4n) is 4.67. The van der Waals surface area contributed by atoms with Crippen molar-refractivity contribution in [3.05, 3.63) is 34.9 Å². The van der Waals surface area contributed by atoms with Gasteiger partial charge in [-0.15, -0.1) is 0 Å². The third-order valence-corrected chi connectivity index (χ3v) is 8.13. The summed E-state index contributed by atoms with van der Waals surface area (Å²) >= 11 is 0. The minimum atomic E-state index is -2.88. The van der Waals surface area contributed by atoms with Crippen LogP contribution in [0.15, 0.2) is 18.2 Å². The van der Waals surface area contributed by atoms with Crippen molar-refractivity contribution in [3.63, 3.8) is 0 Å². The number of rotatable bonds is 5. The fourth-order valence-corrected chi connectivity index (χ4v) is 6.43. The number of sulfone groups is 1. The van der Waals surface area contributed by atoms with E-state index in [1.807, 2.05) is 17.0 Å². The van der Waals surface area contributed by atoms with Gasteiger partial charge in [-0.25, -0.2) is 8.42 Å². The van der Waals surface area contributed by atoms with Crippen molar-refractivity contribution < 1.29 is 18.0 Å². The molecule has 1 aromatic carbocycles. The molecule has 0 saturated carbocycles. The number of aryl methyl sites for hydroxylation is 2. The van der Waals surface area contributed by atoms with E-state index in [2.05, 4.69) is 11.0 Å². The van der Waals surface area contributed by atoms with Crippen LogP contribution in [0.2, 0.25) is 0 Å². The van der Waals surface area contributed by atoms with Gasteiger partial charge >= 0.3 is 0 Å². The third-order valence-electron chi connectivity index (χ3n) is 6.38. The zero-order chi connectivity index (χ0) is 19.7. The van der Waals surface area contributed by atoms with E-state index in [9.17, 15) is 18.0 Å². The summed E-state index contributed by atoms with van der Waals surface area (Å²) in [5.41, 5.74) is 3.35. The Hall–Kier alpha value is -1.73. The summed E-state index contributed by atoms with van der Waals surface area (Å²) in [4.78, 5) is 29.0. The molecule has 0 N–H and O–H groups in total. The van der Waals surface area contributed by atoms with E-state index in [1.54, 1.807) is 0 Å². The number of amides is 1. The van der Waals surface area contributed by atoms with Gasteiger partial charge < -0.3 is 4.90 Å². The molecule has 3 aliphatic rings. The van der Waals surface area contributed by atoms with Crippen LogP contribution in [0.1, 0.15) is 47.2 Å². The molecule has 6 nitrogen and oxygen atoms in total. The molecule has 0 aromatic heterocycles. The predicted octanol–water partition coefficient (Wildman–Crippen LogP) is 1.47. The molecule has 0 spiro atoms. The van der Waals surface area contributed by atoms with E-state index >= 15 is 0 Å². The van der Waals surface area contributed by atoms with Gasteiger partial charge in [-0.3, -0.25) is 14.5 Å². The minimum absolute atomic E-state index is 0.0215. The number of benzene rings is 1. The summed E-state index contributed by atoms with van der Waals surface area (Å²) in [5, 5.41) is 0. The van der Waals surface area contributed by atoms with Crippen LogP contribution in [-0.2, 0) is 27.5 Å². The third kappa shape index (κ3) is 4.30. The monoisotopic (exact) mass is 404 g/mol. The number of piperazine rings is 1. The average Bonchev–Trinajstić information content (AvgIpc) is 3.31. The molecule has 2 aliphatic heterocycles. The molecule has 0 bridgehead atoms. The van der Waals surface area contributed by atoms with Crippen LogP contribution < -0.4 is 0 Å². The van der Waals surface area contributed by atoms with E-state index < -0.39 is 9.84 Å². The maximum atomic E-state index is 12.5. The van der Waals surface area contributed by atoms with Gasteiger partial charge in [0.25, 0.3) is 0 Å². The van der Waals surface area contributed by atoms with Gasteiger partial charge in [-0.2, -0.15) is 0 Å². The Morgan fingerprint density at radius 2 is 1.75 bits per heavy atom. The van der Waals surface area contributed by atoms with Crippen molar-refractivity contribution in [3.8, 4) is 0 Å². The summed E-state index contributed by atoms with van der Waals surface area (Å²) in [6.07, 6.45) is 4.49. The largest absolute Gasteiger partial charge is 0.340 e. The average molecular weight is 405 g/mol. The van der Waals surface area contributed by atoms with Crippen molar-refractivity contribution in [2.24, 2.45) is 0 Å². The second kappa shape index (κ2) is 7.95. The first-order valence-corrected chi connectivity index (χ1v) is 12.1. The number of carbonyl (C=O) groups is 2. The van der Waals surface area contributed by atoms with E-state index in [-0.39, 0.29) is 42.1 Å². The SMILES string of the molecule is O=C(CCC(=O)N1CCN(C2CCS(=O)(=O)C2)CC1)c1ccc2c(c1)CCC2. The molecule has 1 unspecified atom stereocenters. The number of fused-ring (bicyclic) bond motifs is 1. The highest BCUT2D eigenvalue weighted by molar-refractivity contribution is 7.91. The lowest BCUT2D eigenvalue weighted by atomic mass is 10.0. The molecule has 2 saturated heterocycles. The number of hydrogen-bond acceptors (Lipinski definition) is 5. The van der Waals surface area contributed by atoms with Crippen molar-refractivity contribution >= 4 is 21.5 Å². The summed E-state index contributed by atoms with van der Waals surface area (Å²) in [7, 11) is -2.88. The molecule has 4 rings (SSSR count). The van der Waals surface area contributed by atoms with Crippen molar-refractivity contribution in [1.82, 2.24) is 9.80 Å². The molecule has 152 valence electrons. The topological polar surface area (TPSA) is 74.8 Å². The molecule has 28 heavy (non-hydrogen) atoms. The Morgan fingerprint density at radius 1 is 1.00 bits per heavy atom. The molecule has 1 aliphatic carbocycles. The Morgan fingerprint density at radius 3 is 2.46 bits per heavy atom. The van der Waals surface area contributed by atoms with Crippen LogP contribution in [0.25, 0.3) is 0 Å². The van der Waals surface area contributed by atoms with Gasteiger partial charge in [0.05, 0.1) is 11.5 Å². The number of hydrogen-bond donors (Lipinski definition) is 0. The van der Waals surface area contributed by atoms with Gasteiger partial charge in [-0.05, 0) is 42.9 Å². The van der Waals surface area contributed by atoms with Gasteiger partial charge in [-0.1, -0.05) is 12.1 Å². The number of carbonyl (C=O) groups excluding carboxylic acids is 2. The quantitative estimate of drug-likeness (QED) is 0.695. The first kappa shape index (κ1) is 19.6. The van der Waals surface area contributed by atoms with E-state index in [0.717, 1.165) is 24.8 Å². The molecule has 0 radical (unpaired) electrons. The first-order chi connectivity index (χ1) is 13.4. The standard InChI is InChI=1S/C21H28N2O4S/c24-20(18-5-4-16-2-1-3-17(16)14-18)6-7-21(25)23-11-9-22(10-12-23)19-8-13-28(26,27)15-19/h4-5,14,19H,1-3,6-13,15H2. The summed E-state index contributed by atoms with van der Waals surface area (Å²) < 4.78 is 23.3. The zero-order valence-corrected chi connectivity index (χ0v) is 17.0. The summed E-state index contributed by atoms with van der Waals surface area (Å²) in [6, 6.07) is 6.05. The molecule has 2 fully saturated rings. The smallest absolute Gasteiger partial charge is 0.223 e. The van der Waals surface area contributed by atoms with E-state index in [4.69, 9.17) is 0 Å². The van der Waals surface area contributed by atoms with Gasteiger partial charge in [0.15, 0.2) is 15.6 Å². The highest BCUT2D eigenvalue weighted by atomic mass is 32.2. The van der Waals surface area contributed by atoms with E-state index in [1.165, 1.54) is 11.1 Å². The number of ketones is 1. The molecular formula is C21H28N2O4S. The lowest BCUT2D eigenvalue weighted by Gasteiger charge is -2.37. The van der Waals surface area contributed by atoms with Crippen LogP contribution >= 0.6 is 0 Å². The molecular weight excluding hydrogens is 376 g/mol. The van der Waals surface area contributed by atoms with Gasteiger partial charge in [0.1, 0.15) is 0 Å². The minimum Gasteiger partial charge on any atom is -0.340 e. The van der Waals surface area contributed by atoms with Crippen LogP contribution in [0, 0.1) is 0 Å². The lowest BCUT2D eigenvalue weighted by molar-refractivity contribution is -0.133. The van der Waals surface area contributed by atoms with Gasteiger partial charge in [0.2, 0.25) is 5.91 Å². The van der Waals surface area contributed by atoms with E-state index in [0.29, 0.717) is 32.6 Å². The predicted molar refractivity (Wildman–Crippen MR) is 107 cm³/mol. The Labute approximate surface area is 166 Å². The van der Waals surface area contributed by atoms with Crippen LogP contribution in [0.5, 0.6) is 0 Å². The maximum absolute atomic E-state index is 12.5. The molecule has 1 amide bonds. The van der Waals surface area contributed by atoms with Crippen LogP contribution in [0.3, 0.4) is 0 Å². The molecule has 1 atom stereocenters. The highest BCUT2D eigenvalue weighted by Crippen LogP contribution is 2.24. The second-order valence-electron chi connectivity index (χ2n) is 8.23. The number of Topliss-reactive ketones (excluding diaryl/α,β-unsaturated/α-hetero) is 1. The summed E-state index contributed by atoms with van der Waals surface area (Å²) in [5.74, 6) is 0.587. The van der Waals surface area contributed by atoms with Gasteiger partial charge in [0, 0.05) is 50.6 Å². The Balaban J connectivity index is 1.24. The Bertz CT molecular complexity index is 872. The van der Waals surface area contributed by atoms with Crippen molar-refractivity contribution in [2.45, 2.75) is 44.6 Å². The highest BCUT2D eigenvalue weighted by Gasteiger charge is 2.34. The zero-order valence-electron chi connectivity index (χ0n) is 16.2. The van der Waals surface area contributed by atoms with Crippen LogP contribution in [-0.4, -0.2) is 73.6 Å². The molecule has 2 heterocycles. The molecule has 1 aromatic rings. The lowest BCUT2D eigenvalue weighted by Crippen LogP contribution is -2.52. The van der Waals surface area contributed by atoms with Crippen LogP contribution in [0.4, 0.5) is 0 Å². The second-order valence-corrected chi connectivity index (χ2v) is 10.5. The Kier molecular flexibility index (Phi) is 5.56. The normalized spacial score (nSPS) is 24.3. The van der Waals surface area contributed by atoms with Crippen molar-refractivity contribution in [2.75, 3.05) is 37.7 Å². The maximum Gasteiger partial charge on any atom is 0.223 e. The first-order valence-electron chi connectivity index (χ1n) is 10.3. The fraction of sp³-hybridized carbons (Fsp3) is 0.619.